The van der Waals surface area contributed by atoms with E-state index < -0.39 is 15.6 Å². The van der Waals surface area contributed by atoms with Crippen molar-refractivity contribution in [2.24, 2.45) is 0 Å². The predicted molar refractivity (Wildman–Crippen MR) is 74.7 cm³/mol. The van der Waals surface area contributed by atoms with Crippen LogP contribution < -0.4 is 4.72 Å². The predicted octanol–water partition coefficient (Wildman–Crippen LogP) is 2.67. The Morgan fingerprint density at radius 2 is 1.82 bits per heavy atom. The first kappa shape index (κ1) is 14.7. The van der Waals surface area contributed by atoms with Gasteiger partial charge in [0.1, 0.15) is 0 Å². The lowest BCUT2D eigenvalue weighted by molar-refractivity contribution is 0.453. The van der Waals surface area contributed by atoms with Gasteiger partial charge in [-0.15, -0.1) is 0 Å². The number of hydrogen-bond acceptors (Lipinski definition) is 2. The summed E-state index contributed by atoms with van der Waals surface area (Å²) in [5.74, 6) is 0.0109. The molecule has 0 saturated carbocycles. The molecular weight excluding hydrogens is 302 g/mol. The van der Waals surface area contributed by atoms with E-state index >= 15 is 0 Å². The molecule has 0 radical (unpaired) electrons. The number of halogens is 1. The fourth-order valence-corrected chi connectivity index (χ4v) is 3.26. The summed E-state index contributed by atoms with van der Waals surface area (Å²) in [6.07, 6.45) is 0. The van der Waals surface area contributed by atoms with E-state index in [2.05, 4.69) is 20.7 Å². The van der Waals surface area contributed by atoms with E-state index in [1.54, 1.807) is 0 Å². The Morgan fingerprint density at radius 3 is 2.29 bits per heavy atom. The van der Waals surface area contributed by atoms with Crippen LogP contribution in [-0.2, 0) is 15.8 Å². The highest BCUT2D eigenvalue weighted by molar-refractivity contribution is 9.09. The summed E-state index contributed by atoms with van der Waals surface area (Å²) in [6.45, 7) is 5.63. The summed E-state index contributed by atoms with van der Waals surface area (Å²) < 4.78 is 26.7. The first-order valence-corrected chi connectivity index (χ1v) is 7.99. The molecule has 0 aliphatic heterocycles. The van der Waals surface area contributed by atoms with Crippen molar-refractivity contribution in [1.82, 2.24) is 4.72 Å². The zero-order valence-electron chi connectivity index (χ0n) is 10.3. The van der Waals surface area contributed by atoms with Crippen molar-refractivity contribution in [1.29, 1.82) is 0 Å². The Hall–Kier alpha value is -0.390. The highest BCUT2D eigenvalue weighted by atomic mass is 79.9. The van der Waals surface area contributed by atoms with E-state index in [9.17, 15) is 8.42 Å². The van der Waals surface area contributed by atoms with E-state index in [1.165, 1.54) is 0 Å². The molecule has 1 aromatic carbocycles. The van der Waals surface area contributed by atoms with Crippen LogP contribution in [0.3, 0.4) is 0 Å². The lowest BCUT2D eigenvalue weighted by Gasteiger charge is -2.28. The minimum Gasteiger partial charge on any atom is -0.212 e. The van der Waals surface area contributed by atoms with Crippen LogP contribution in [-0.4, -0.2) is 18.8 Å². The van der Waals surface area contributed by atoms with Crippen molar-refractivity contribution in [3.63, 3.8) is 0 Å². The minimum absolute atomic E-state index is 0.0109. The molecule has 5 heteroatoms. The van der Waals surface area contributed by atoms with E-state index in [0.717, 1.165) is 5.56 Å². The van der Waals surface area contributed by atoms with E-state index in [4.69, 9.17) is 0 Å². The normalized spacial score (nSPS) is 14.6. The summed E-state index contributed by atoms with van der Waals surface area (Å²) in [4.78, 5) is 0.0561. The largest absolute Gasteiger partial charge is 0.216 e. The Morgan fingerprint density at radius 1 is 1.29 bits per heavy atom. The van der Waals surface area contributed by atoms with Crippen LogP contribution in [0.2, 0.25) is 0 Å². The van der Waals surface area contributed by atoms with Crippen molar-refractivity contribution in [3.05, 3.63) is 35.9 Å². The maximum Gasteiger partial charge on any atom is 0.216 e. The molecule has 0 heterocycles. The zero-order chi connectivity index (χ0) is 13.1. The number of rotatable bonds is 5. The SMILES string of the molecule is CC(Br)C(C)(C)NS(=O)(=O)Cc1ccccc1. The second-order valence-electron chi connectivity index (χ2n) is 4.68. The van der Waals surface area contributed by atoms with Crippen molar-refractivity contribution in [2.75, 3.05) is 0 Å². The Labute approximate surface area is 112 Å². The lowest BCUT2D eigenvalue weighted by atomic mass is 10.0. The fraction of sp³-hybridized carbons (Fsp3) is 0.500. The number of benzene rings is 1. The summed E-state index contributed by atoms with van der Waals surface area (Å²) in [5.41, 5.74) is 0.284. The molecule has 96 valence electrons. The monoisotopic (exact) mass is 319 g/mol. The third-order valence-electron chi connectivity index (χ3n) is 2.61. The van der Waals surface area contributed by atoms with E-state index in [-0.39, 0.29) is 10.6 Å². The van der Waals surface area contributed by atoms with E-state index in [0.29, 0.717) is 0 Å². The zero-order valence-corrected chi connectivity index (χ0v) is 12.7. The van der Waals surface area contributed by atoms with Crippen molar-refractivity contribution >= 4 is 26.0 Å². The smallest absolute Gasteiger partial charge is 0.212 e. The van der Waals surface area contributed by atoms with Gasteiger partial charge in [0.05, 0.1) is 5.75 Å². The van der Waals surface area contributed by atoms with Gasteiger partial charge in [-0.05, 0) is 19.4 Å². The molecule has 1 aromatic rings. The maximum atomic E-state index is 12.0. The third kappa shape index (κ3) is 4.77. The Balaban J connectivity index is 2.78. The fourth-order valence-electron chi connectivity index (χ4n) is 1.31. The minimum atomic E-state index is -3.32. The van der Waals surface area contributed by atoms with Gasteiger partial charge in [0.25, 0.3) is 0 Å². The summed E-state index contributed by atoms with van der Waals surface area (Å²) in [7, 11) is -3.32. The van der Waals surface area contributed by atoms with Gasteiger partial charge in [-0.1, -0.05) is 53.2 Å². The molecule has 1 unspecified atom stereocenters. The highest BCUT2D eigenvalue weighted by Crippen LogP contribution is 2.18. The van der Waals surface area contributed by atoms with Crippen molar-refractivity contribution in [3.8, 4) is 0 Å². The average molecular weight is 320 g/mol. The molecule has 1 atom stereocenters. The second kappa shape index (κ2) is 5.50. The van der Waals surface area contributed by atoms with Gasteiger partial charge >= 0.3 is 0 Å². The average Bonchev–Trinajstić information content (AvgIpc) is 2.16. The van der Waals surface area contributed by atoms with Crippen LogP contribution in [0.1, 0.15) is 26.3 Å². The standard InChI is InChI=1S/C12H18BrNO2S/c1-10(13)12(2,3)14-17(15,16)9-11-7-5-4-6-8-11/h4-8,10,14H,9H2,1-3H3. The molecule has 0 aliphatic carbocycles. The van der Waals surface area contributed by atoms with Crippen LogP contribution in [0, 0.1) is 0 Å². The first-order valence-electron chi connectivity index (χ1n) is 5.42. The summed E-state index contributed by atoms with van der Waals surface area (Å²) in [6, 6.07) is 9.16. The topological polar surface area (TPSA) is 46.2 Å². The van der Waals surface area contributed by atoms with Gasteiger partial charge < -0.3 is 0 Å². The third-order valence-corrected chi connectivity index (χ3v) is 5.31. The van der Waals surface area contributed by atoms with Gasteiger partial charge in [0, 0.05) is 10.4 Å². The van der Waals surface area contributed by atoms with Crippen molar-refractivity contribution < 1.29 is 8.42 Å². The molecule has 1 N–H and O–H groups in total. The lowest BCUT2D eigenvalue weighted by Crippen LogP contribution is -2.49. The molecule has 0 amide bonds. The number of nitrogens with one attached hydrogen (secondary N) is 1. The summed E-state index contributed by atoms with van der Waals surface area (Å²) in [5, 5.41) is 0. The molecule has 0 aromatic heterocycles. The Kier molecular flexibility index (Phi) is 4.75. The van der Waals surface area contributed by atoms with Crippen LogP contribution in [0.25, 0.3) is 0 Å². The van der Waals surface area contributed by atoms with Gasteiger partial charge in [0.2, 0.25) is 10.0 Å². The first-order chi connectivity index (χ1) is 7.73. The van der Waals surface area contributed by atoms with Crippen LogP contribution in [0.15, 0.2) is 30.3 Å². The van der Waals surface area contributed by atoms with E-state index in [1.807, 2.05) is 51.1 Å². The van der Waals surface area contributed by atoms with Crippen molar-refractivity contribution in [2.45, 2.75) is 36.9 Å². The second-order valence-corrected chi connectivity index (χ2v) is 7.78. The number of alkyl halides is 1. The summed E-state index contributed by atoms with van der Waals surface area (Å²) >= 11 is 3.41. The van der Waals surface area contributed by atoms with Gasteiger partial charge in [-0.25, -0.2) is 13.1 Å². The van der Waals surface area contributed by atoms with Gasteiger partial charge in [0.15, 0.2) is 0 Å². The van der Waals surface area contributed by atoms with Crippen LogP contribution >= 0.6 is 15.9 Å². The van der Waals surface area contributed by atoms with Crippen LogP contribution in [0.5, 0.6) is 0 Å². The molecule has 0 fully saturated rings. The quantitative estimate of drug-likeness (QED) is 0.848. The highest BCUT2D eigenvalue weighted by Gasteiger charge is 2.29. The molecule has 3 nitrogen and oxygen atoms in total. The molecule has 17 heavy (non-hydrogen) atoms. The number of sulfonamides is 1. The molecular formula is C12H18BrNO2S. The Bertz CT molecular complexity index is 455. The van der Waals surface area contributed by atoms with Gasteiger partial charge in [-0.2, -0.15) is 0 Å². The van der Waals surface area contributed by atoms with Crippen LogP contribution in [0.4, 0.5) is 0 Å². The number of hydrogen-bond donors (Lipinski definition) is 1. The molecule has 0 bridgehead atoms. The molecule has 1 rings (SSSR count). The maximum absolute atomic E-state index is 12.0. The molecule has 0 aliphatic rings. The molecule has 0 saturated heterocycles. The molecule has 0 spiro atoms. The van der Waals surface area contributed by atoms with Gasteiger partial charge in [-0.3, -0.25) is 0 Å².